The topological polar surface area (TPSA) is 52.7 Å². The van der Waals surface area contributed by atoms with Gasteiger partial charge in [-0.05, 0) is 53.9 Å². The summed E-state index contributed by atoms with van der Waals surface area (Å²) in [5, 5.41) is 3.22. The van der Waals surface area contributed by atoms with E-state index in [9.17, 15) is 9.59 Å². The Morgan fingerprint density at radius 2 is 1.54 bits per heavy atom. The van der Waals surface area contributed by atoms with Gasteiger partial charge in [0, 0.05) is 38.3 Å². The summed E-state index contributed by atoms with van der Waals surface area (Å²) in [4.78, 5) is 30.7. The number of nitrogens with zero attached hydrogens (tertiary/aromatic N) is 2. The van der Waals surface area contributed by atoms with Crippen molar-refractivity contribution in [3.63, 3.8) is 0 Å². The van der Waals surface area contributed by atoms with Gasteiger partial charge in [-0.25, -0.2) is 0 Å². The van der Waals surface area contributed by atoms with E-state index in [0.717, 1.165) is 37.9 Å². The van der Waals surface area contributed by atoms with Crippen LogP contribution in [0.3, 0.4) is 0 Å². The number of rotatable bonds is 7. The highest BCUT2D eigenvalue weighted by Gasteiger charge is 2.37. The van der Waals surface area contributed by atoms with Crippen molar-refractivity contribution in [1.82, 2.24) is 15.1 Å². The van der Waals surface area contributed by atoms with Gasteiger partial charge in [-0.3, -0.25) is 14.5 Å². The minimum absolute atomic E-state index is 0.0735. The summed E-state index contributed by atoms with van der Waals surface area (Å²) in [6.07, 6.45) is 5.51. The normalized spacial score (nSPS) is 18.4. The summed E-state index contributed by atoms with van der Waals surface area (Å²) in [7, 11) is 0. The van der Waals surface area contributed by atoms with Crippen LogP contribution in [-0.2, 0) is 16.6 Å². The van der Waals surface area contributed by atoms with E-state index in [1.54, 1.807) is 0 Å². The van der Waals surface area contributed by atoms with Gasteiger partial charge in [0.1, 0.15) is 0 Å². The van der Waals surface area contributed by atoms with Crippen molar-refractivity contribution in [1.29, 1.82) is 0 Å². The Balaban J connectivity index is 1.34. The fraction of sp³-hybridized carbons (Fsp3) is 0.533. The molecule has 1 heterocycles. The van der Waals surface area contributed by atoms with Crippen molar-refractivity contribution in [2.45, 2.75) is 64.3 Å². The molecule has 0 spiro atoms. The highest BCUT2D eigenvalue weighted by Crippen LogP contribution is 2.31. The minimum Gasteiger partial charge on any atom is -0.354 e. The molecule has 1 saturated heterocycles. The summed E-state index contributed by atoms with van der Waals surface area (Å²) in [5.74, 6) is 0.666. The molecule has 1 unspecified atom stereocenters. The smallest absolute Gasteiger partial charge is 0.253 e. The van der Waals surface area contributed by atoms with Gasteiger partial charge in [-0.15, -0.1) is 0 Å². The van der Waals surface area contributed by atoms with Crippen molar-refractivity contribution in [3.8, 4) is 0 Å². The van der Waals surface area contributed by atoms with Gasteiger partial charge in [0.05, 0.1) is 6.04 Å². The highest BCUT2D eigenvalue weighted by molar-refractivity contribution is 5.94. The van der Waals surface area contributed by atoms with Crippen LogP contribution in [0, 0.1) is 5.92 Å². The molecule has 1 aliphatic carbocycles. The van der Waals surface area contributed by atoms with Crippen LogP contribution in [0.25, 0.3) is 0 Å². The van der Waals surface area contributed by atoms with E-state index >= 15 is 0 Å². The van der Waals surface area contributed by atoms with Crippen LogP contribution in [0.4, 0.5) is 0 Å². The summed E-state index contributed by atoms with van der Waals surface area (Å²) in [6, 6.07) is 18.3. The van der Waals surface area contributed by atoms with Gasteiger partial charge >= 0.3 is 0 Å². The van der Waals surface area contributed by atoms with Crippen LogP contribution in [0.1, 0.15) is 67.9 Å². The van der Waals surface area contributed by atoms with Gasteiger partial charge in [-0.1, -0.05) is 76.1 Å². The SMILES string of the molecule is CC(C)(C)c1ccc(C(=O)N2CCN(C(C(=O)NCCc3ccccc3)C3CCCC3)CC2)cc1. The van der Waals surface area contributed by atoms with Gasteiger partial charge in [-0.2, -0.15) is 0 Å². The number of piperazine rings is 1. The van der Waals surface area contributed by atoms with Crippen molar-refractivity contribution < 1.29 is 9.59 Å². The van der Waals surface area contributed by atoms with Gasteiger partial charge < -0.3 is 10.2 Å². The van der Waals surface area contributed by atoms with Crippen LogP contribution in [-0.4, -0.2) is 60.4 Å². The molecular weight excluding hydrogens is 434 g/mol. The molecule has 2 amide bonds. The predicted octanol–water partition coefficient (Wildman–Crippen LogP) is 4.66. The lowest BCUT2D eigenvalue weighted by Crippen LogP contribution is -2.58. The van der Waals surface area contributed by atoms with E-state index in [2.05, 4.69) is 55.3 Å². The second kappa shape index (κ2) is 11.4. The molecule has 0 bridgehead atoms. The van der Waals surface area contributed by atoms with Gasteiger partial charge in [0.25, 0.3) is 5.91 Å². The third-order valence-corrected chi connectivity index (χ3v) is 7.66. The average Bonchev–Trinajstić information content (AvgIpc) is 3.39. The van der Waals surface area contributed by atoms with E-state index in [4.69, 9.17) is 0 Å². The van der Waals surface area contributed by atoms with Crippen molar-refractivity contribution in [2.24, 2.45) is 5.92 Å². The van der Waals surface area contributed by atoms with E-state index in [0.29, 0.717) is 25.6 Å². The van der Waals surface area contributed by atoms with E-state index in [1.807, 2.05) is 35.2 Å². The highest BCUT2D eigenvalue weighted by atomic mass is 16.2. The zero-order chi connectivity index (χ0) is 24.8. The molecule has 2 fully saturated rings. The average molecular weight is 476 g/mol. The molecule has 1 saturated carbocycles. The lowest BCUT2D eigenvalue weighted by atomic mass is 9.86. The Kier molecular flexibility index (Phi) is 8.27. The maximum atomic E-state index is 13.3. The van der Waals surface area contributed by atoms with Crippen molar-refractivity contribution in [3.05, 3.63) is 71.3 Å². The molecule has 0 radical (unpaired) electrons. The second-order valence-electron chi connectivity index (χ2n) is 11.2. The Bertz CT molecular complexity index is 967. The molecule has 5 nitrogen and oxygen atoms in total. The second-order valence-corrected chi connectivity index (χ2v) is 11.2. The third-order valence-electron chi connectivity index (χ3n) is 7.66. The zero-order valence-electron chi connectivity index (χ0n) is 21.6. The fourth-order valence-corrected chi connectivity index (χ4v) is 5.53. The quantitative estimate of drug-likeness (QED) is 0.634. The van der Waals surface area contributed by atoms with Crippen LogP contribution < -0.4 is 5.32 Å². The van der Waals surface area contributed by atoms with E-state index < -0.39 is 0 Å². The first kappa shape index (κ1) is 25.4. The van der Waals surface area contributed by atoms with E-state index in [-0.39, 0.29) is 23.3 Å². The van der Waals surface area contributed by atoms with Crippen LogP contribution in [0.15, 0.2) is 54.6 Å². The lowest BCUT2D eigenvalue weighted by molar-refractivity contribution is -0.129. The van der Waals surface area contributed by atoms with Crippen molar-refractivity contribution in [2.75, 3.05) is 32.7 Å². The Hall–Kier alpha value is -2.66. The minimum atomic E-state index is -0.0865. The number of carbonyl (C=O) groups is 2. The van der Waals surface area contributed by atoms with Gasteiger partial charge in [0.2, 0.25) is 5.91 Å². The summed E-state index contributed by atoms with van der Waals surface area (Å²) < 4.78 is 0. The summed E-state index contributed by atoms with van der Waals surface area (Å²) >= 11 is 0. The molecule has 35 heavy (non-hydrogen) atoms. The number of amides is 2. The standard InChI is InChI=1S/C30H41N3O2/c1-30(2,3)26-15-13-25(14-16-26)29(35)33-21-19-32(20-22-33)27(24-11-7-8-12-24)28(34)31-18-17-23-9-5-4-6-10-23/h4-6,9-10,13-16,24,27H,7-8,11-12,17-22H2,1-3H3,(H,31,34). The maximum absolute atomic E-state index is 13.3. The number of nitrogens with one attached hydrogen (secondary N) is 1. The molecular formula is C30H41N3O2. The van der Waals surface area contributed by atoms with Crippen LogP contribution in [0.2, 0.25) is 0 Å². The van der Waals surface area contributed by atoms with E-state index in [1.165, 1.54) is 24.0 Å². The number of hydrogen-bond donors (Lipinski definition) is 1. The molecule has 2 aromatic rings. The largest absolute Gasteiger partial charge is 0.354 e. The molecule has 1 atom stereocenters. The molecule has 4 rings (SSSR count). The molecule has 188 valence electrons. The number of benzene rings is 2. The third kappa shape index (κ3) is 6.52. The van der Waals surface area contributed by atoms with Crippen LogP contribution >= 0.6 is 0 Å². The number of carbonyl (C=O) groups excluding carboxylic acids is 2. The molecule has 5 heteroatoms. The first-order chi connectivity index (χ1) is 16.8. The number of hydrogen-bond acceptors (Lipinski definition) is 3. The summed E-state index contributed by atoms with van der Waals surface area (Å²) in [5.41, 5.74) is 3.30. The predicted molar refractivity (Wildman–Crippen MR) is 142 cm³/mol. The monoisotopic (exact) mass is 475 g/mol. The summed E-state index contributed by atoms with van der Waals surface area (Å²) in [6.45, 7) is 10.0. The lowest BCUT2D eigenvalue weighted by Gasteiger charge is -2.40. The Morgan fingerprint density at radius 1 is 0.914 bits per heavy atom. The molecule has 2 aromatic carbocycles. The molecule has 1 N–H and O–H groups in total. The fourth-order valence-electron chi connectivity index (χ4n) is 5.53. The molecule has 1 aliphatic heterocycles. The Labute approximate surface area is 210 Å². The van der Waals surface area contributed by atoms with Crippen LogP contribution in [0.5, 0.6) is 0 Å². The first-order valence-corrected chi connectivity index (χ1v) is 13.3. The Morgan fingerprint density at radius 3 is 2.14 bits per heavy atom. The van der Waals surface area contributed by atoms with Gasteiger partial charge in [0.15, 0.2) is 0 Å². The molecule has 0 aromatic heterocycles. The van der Waals surface area contributed by atoms with Crippen molar-refractivity contribution >= 4 is 11.8 Å². The zero-order valence-corrected chi connectivity index (χ0v) is 21.6. The molecule has 2 aliphatic rings. The first-order valence-electron chi connectivity index (χ1n) is 13.3. The maximum Gasteiger partial charge on any atom is 0.253 e.